The van der Waals surface area contributed by atoms with Gasteiger partial charge in [-0.05, 0) is 48.1 Å². The first-order valence-corrected chi connectivity index (χ1v) is 10.3. The van der Waals surface area contributed by atoms with Crippen molar-refractivity contribution in [3.05, 3.63) is 47.0 Å². The van der Waals surface area contributed by atoms with E-state index in [-0.39, 0.29) is 0 Å². The van der Waals surface area contributed by atoms with Gasteiger partial charge >= 0.3 is 0 Å². The largest absolute Gasteiger partial charge is 0.493 e. The van der Waals surface area contributed by atoms with Crippen molar-refractivity contribution in [1.29, 1.82) is 0 Å². The second-order valence-corrected chi connectivity index (χ2v) is 8.15. The highest BCUT2D eigenvalue weighted by molar-refractivity contribution is 5.70. The molecule has 3 aliphatic heterocycles. The zero-order chi connectivity index (χ0) is 19.1. The lowest BCUT2D eigenvalue weighted by atomic mass is 9.80. The second-order valence-electron chi connectivity index (χ2n) is 8.15. The maximum absolute atomic E-state index is 5.59. The van der Waals surface area contributed by atoms with Crippen LogP contribution >= 0.6 is 0 Å². The predicted molar refractivity (Wildman–Crippen MR) is 113 cm³/mol. The van der Waals surface area contributed by atoms with Crippen LogP contribution in [0.25, 0.3) is 0 Å². The topological polar surface area (TPSA) is 45.8 Å². The van der Waals surface area contributed by atoms with E-state index in [1.807, 2.05) is 12.1 Å². The van der Waals surface area contributed by atoms with Gasteiger partial charge in [0, 0.05) is 55.6 Å². The van der Waals surface area contributed by atoms with Crippen molar-refractivity contribution in [2.45, 2.75) is 25.3 Å². The number of benzene rings is 2. The van der Waals surface area contributed by atoms with Crippen LogP contribution in [-0.2, 0) is 13.0 Å². The summed E-state index contributed by atoms with van der Waals surface area (Å²) in [5.74, 6) is 2.98. The lowest BCUT2D eigenvalue weighted by molar-refractivity contribution is 0.352. The van der Waals surface area contributed by atoms with Gasteiger partial charge in [-0.2, -0.15) is 0 Å². The highest BCUT2D eigenvalue weighted by Crippen LogP contribution is 2.46. The maximum atomic E-state index is 5.59. The summed E-state index contributed by atoms with van der Waals surface area (Å²) < 4.78 is 11.0. The molecule has 1 saturated heterocycles. The van der Waals surface area contributed by atoms with E-state index in [1.54, 1.807) is 19.8 Å². The molecule has 0 aromatic heterocycles. The highest BCUT2D eigenvalue weighted by Gasteiger charge is 2.38. The minimum absolute atomic E-state index is 0.649. The Morgan fingerprint density at radius 2 is 2.11 bits per heavy atom. The van der Waals surface area contributed by atoms with Crippen LogP contribution in [0.15, 0.2) is 30.3 Å². The molecule has 0 saturated carbocycles. The molecule has 2 aromatic rings. The Bertz CT molecular complexity index is 882. The zero-order valence-corrected chi connectivity index (χ0v) is 16.8. The van der Waals surface area contributed by atoms with Gasteiger partial charge < -0.3 is 25.0 Å². The van der Waals surface area contributed by atoms with Crippen LogP contribution in [0.3, 0.4) is 0 Å². The molecule has 2 N–H and O–H groups in total. The fourth-order valence-electron chi connectivity index (χ4n) is 5.30. The molecule has 3 heterocycles. The van der Waals surface area contributed by atoms with E-state index >= 15 is 0 Å². The van der Waals surface area contributed by atoms with Crippen molar-refractivity contribution in [2.75, 3.05) is 50.6 Å². The second kappa shape index (κ2) is 7.21. The third-order valence-corrected chi connectivity index (χ3v) is 6.57. The van der Waals surface area contributed by atoms with Crippen LogP contribution in [0.5, 0.6) is 11.5 Å². The molecule has 1 fully saturated rings. The third-order valence-electron chi connectivity index (χ3n) is 6.57. The summed E-state index contributed by atoms with van der Waals surface area (Å²) in [5, 5.41) is 7.27. The van der Waals surface area contributed by atoms with Crippen LogP contribution < -0.4 is 25.0 Å². The van der Waals surface area contributed by atoms with Gasteiger partial charge in [-0.15, -0.1) is 0 Å². The Morgan fingerprint density at radius 3 is 2.96 bits per heavy atom. The number of ether oxygens (including phenoxy) is 2. The number of nitrogens with zero attached hydrogens (tertiary/aromatic N) is 1. The van der Waals surface area contributed by atoms with Crippen molar-refractivity contribution in [2.24, 2.45) is 5.92 Å². The molecule has 5 rings (SSSR count). The van der Waals surface area contributed by atoms with Crippen molar-refractivity contribution in [3.63, 3.8) is 0 Å². The smallest absolute Gasteiger partial charge is 0.165 e. The van der Waals surface area contributed by atoms with Gasteiger partial charge in [0.15, 0.2) is 11.5 Å². The molecule has 0 radical (unpaired) electrons. The Kier molecular flexibility index (Phi) is 4.55. The summed E-state index contributed by atoms with van der Waals surface area (Å²) in [6.07, 6.45) is 2.44. The molecule has 2 atom stereocenters. The predicted octanol–water partition coefficient (Wildman–Crippen LogP) is 3.39. The Hall–Kier alpha value is -2.40. The number of methoxy groups -OCH3 is 2. The zero-order valence-electron chi connectivity index (χ0n) is 16.8. The number of anilines is 2. The molecule has 0 aliphatic carbocycles. The van der Waals surface area contributed by atoms with Crippen LogP contribution in [0, 0.1) is 5.92 Å². The van der Waals surface area contributed by atoms with E-state index < -0.39 is 0 Å². The van der Waals surface area contributed by atoms with E-state index in [4.69, 9.17) is 9.47 Å². The fraction of sp³-hybridized carbons (Fsp3) is 0.478. The Labute approximate surface area is 167 Å². The summed E-state index contributed by atoms with van der Waals surface area (Å²) in [6, 6.07) is 10.8. The lowest BCUT2D eigenvalue weighted by Gasteiger charge is -2.42. The van der Waals surface area contributed by atoms with Crippen molar-refractivity contribution in [3.8, 4) is 11.5 Å². The summed E-state index contributed by atoms with van der Waals surface area (Å²) >= 11 is 0. The number of hydrogen-bond acceptors (Lipinski definition) is 5. The SMILES string of the molecule is COc1cccc(CNc2cc3c4c(c2)[C@@H]2CNC[C@@H]2CN4CCC3)c1OC. The first kappa shape index (κ1) is 17.7. The normalized spacial score (nSPS) is 22.4. The minimum Gasteiger partial charge on any atom is -0.493 e. The van der Waals surface area contributed by atoms with E-state index in [1.165, 1.54) is 42.9 Å². The Balaban J connectivity index is 1.45. The van der Waals surface area contributed by atoms with E-state index in [0.717, 1.165) is 36.1 Å². The van der Waals surface area contributed by atoms with Gasteiger partial charge in [0.25, 0.3) is 0 Å². The van der Waals surface area contributed by atoms with Gasteiger partial charge in [0.1, 0.15) is 0 Å². The molecule has 148 valence electrons. The number of fused-ring (bicyclic) bond motifs is 2. The quantitative estimate of drug-likeness (QED) is 0.834. The molecule has 2 aromatic carbocycles. The van der Waals surface area contributed by atoms with E-state index in [2.05, 4.69) is 33.7 Å². The summed E-state index contributed by atoms with van der Waals surface area (Å²) in [4.78, 5) is 2.64. The van der Waals surface area contributed by atoms with Gasteiger partial charge in [-0.25, -0.2) is 0 Å². The van der Waals surface area contributed by atoms with Gasteiger partial charge in [0.2, 0.25) is 0 Å². The van der Waals surface area contributed by atoms with E-state index in [0.29, 0.717) is 12.5 Å². The molecular formula is C23H29N3O2. The van der Waals surface area contributed by atoms with Gasteiger partial charge in [0.05, 0.1) is 14.2 Å². The third kappa shape index (κ3) is 2.89. The van der Waals surface area contributed by atoms with Crippen LogP contribution in [0.2, 0.25) is 0 Å². The molecule has 5 heteroatoms. The van der Waals surface area contributed by atoms with Crippen LogP contribution in [-0.4, -0.2) is 40.4 Å². The van der Waals surface area contributed by atoms with Crippen molar-refractivity contribution in [1.82, 2.24) is 5.32 Å². The first-order valence-electron chi connectivity index (χ1n) is 10.3. The maximum Gasteiger partial charge on any atom is 0.165 e. The highest BCUT2D eigenvalue weighted by atomic mass is 16.5. The number of hydrogen-bond donors (Lipinski definition) is 2. The minimum atomic E-state index is 0.649. The molecule has 0 unspecified atom stereocenters. The molecule has 3 aliphatic rings. The van der Waals surface area contributed by atoms with Gasteiger partial charge in [-0.1, -0.05) is 12.1 Å². The molecule has 28 heavy (non-hydrogen) atoms. The standard InChI is InChI=1S/C23H29N3O2/c1-27-21-7-3-5-16(23(21)28-2)12-25-18-9-15-6-4-8-26-14-17-11-24-13-20(17)19(10-18)22(15)26/h3,5,7,9-10,17,20,24-25H,4,6,8,11-14H2,1-2H3/t17-,20-/m1/s1. The number of para-hydroxylation sites is 1. The average molecular weight is 380 g/mol. The fourth-order valence-corrected chi connectivity index (χ4v) is 5.30. The number of nitrogens with one attached hydrogen (secondary N) is 2. The van der Waals surface area contributed by atoms with E-state index in [9.17, 15) is 0 Å². The monoisotopic (exact) mass is 379 g/mol. The number of rotatable bonds is 5. The summed E-state index contributed by atoms with van der Waals surface area (Å²) in [5.41, 5.74) is 6.90. The first-order chi connectivity index (χ1) is 13.8. The summed E-state index contributed by atoms with van der Waals surface area (Å²) in [6.45, 7) is 5.39. The van der Waals surface area contributed by atoms with Crippen molar-refractivity contribution < 1.29 is 9.47 Å². The molecule has 0 amide bonds. The molecule has 5 nitrogen and oxygen atoms in total. The molecule has 0 bridgehead atoms. The average Bonchev–Trinajstić information content (AvgIpc) is 3.20. The van der Waals surface area contributed by atoms with Gasteiger partial charge in [-0.3, -0.25) is 0 Å². The van der Waals surface area contributed by atoms with Crippen LogP contribution in [0.1, 0.15) is 29.0 Å². The molecular weight excluding hydrogens is 350 g/mol. The summed E-state index contributed by atoms with van der Waals surface area (Å²) in [7, 11) is 3.38. The number of aryl methyl sites for hydroxylation is 1. The van der Waals surface area contributed by atoms with Crippen LogP contribution in [0.4, 0.5) is 11.4 Å². The molecule has 0 spiro atoms. The Morgan fingerprint density at radius 1 is 1.18 bits per heavy atom. The lowest BCUT2D eigenvalue weighted by Crippen LogP contribution is -2.41. The van der Waals surface area contributed by atoms with Crippen molar-refractivity contribution >= 4 is 11.4 Å².